The highest BCUT2D eigenvalue weighted by molar-refractivity contribution is 7.93. The quantitative estimate of drug-likeness (QED) is 0.858. The third-order valence-electron chi connectivity index (χ3n) is 4.23. The molecule has 0 aliphatic carbocycles. The van der Waals surface area contributed by atoms with Crippen molar-refractivity contribution >= 4 is 21.4 Å². The van der Waals surface area contributed by atoms with E-state index in [1.807, 2.05) is 12.1 Å². The number of anilines is 2. The van der Waals surface area contributed by atoms with Gasteiger partial charge in [0.25, 0.3) is 10.0 Å². The maximum atomic E-state index is 13.2. The van der Waals surface area contributed by atoms with Crippen LogP contribution in [0.25, 0.3) is 0 Å². The van der Waals surface area contributed by atoms with Gasteiger partial charge in [0.15, 0.2) is 11.5 Å². The standard InChI is InChI=1S/C17H20N2O4S/c1-11-9-14(22-2)15(23-3)10-16(11)24(20,21)19-8-7-12-5-4-6-13(18)17(12)19/h4-6,9-10H,7-8,18H2,1-3H3. The Morgan fingerprint density at radius 2 is 1.79 bits per heavy atom. The number of methoxy groups -OCH3 is 2. The summed E-state index contributed by atoms with van der Waals surface area (Å²) in [5.41, 5.74) is 8.60. The molecule has 2 aromatic rings. The summed E-state index contributed by atoms with van der Waals surface area (Å²) in [7, 11) is -0.749. The van der Waals surface area contributed by atoms with Gasteiger partial charge in [0.2, 0.25) is 0 Å². The fourth-order valence-electron chi connectivity index (χ4n) is 3.05. The van der Waals surface area contributed by atoms with Crippen LogP contribution in [0.3, 0.4) is 0 Å². The number of fused-ring (bicyclic) bond motifs is 1. The van der Waals surface area contributed by atoms with E-state index >= 15 is 0 Å². The van der Waals surface area contributed by atoms with Gasteiger partial charge in [0.05, 0.1) is 30.5 Å². The predicted molar refractivity (Wildman–Crippen MR) is 93.4 cm³/mol. The van der Waals surface area contributed by atoms with Gasteiger partial charge in [-0.25, -0.2) is 8.42 Å². The largest absolute Gasteiger partial charge is 0.493 e. The van der Waals surface area contributed by atoms with Crippen LogP contribution in [-0.4, -0.2) is 29.2 Å². The molecule has 0 atom stereocenters. The molecular weight excluding hydrogens is 328 g/mol. The number of benzene rings is 2. The number of ether oxygens (including phenoxy) is 2. The molecule has 7 heteroatoms. The molecule has 0 saturated heterocycles. The Morgan fingerprint density at radius 3 is 2.46 bits per heavy atom. The van der Waals surface area contributed by atoms with E-state index in [1.54, 1.807) is 19.1 Å². The number of sulfonamides is 1. The molecule has 1 aliphatic heterocycles. The Morgan fingerprint density at radius 1 is 1.12 bits per heavy atom. The van der Waals surface area contributed by atoms with Gasteiger partial charge in [0.1, 0.15) is 0 Å². The lowest BCUT2D eigenvalue weighted by Gasteiger charge is -2.22. The number of nitrogen functional groups attached to an aromatic ring is 1. The Balaban J connectivity index is 2.14. The van der Waals surface area contributed by atoms with Gasteiger partial charge >= 0.3 is 0 Å². The maximum Gasteiger partial charge on any atom is 0.264 e. The van der Waals surface area contributed by atoms with Crippen molar-refractivity contribution in [1.29, 1.82) is 0 Å². The van der Waals surface area contributed by atoms with Crippen LogP contribution in [-0.2, 0) is 16.4 Å². The lowest BCUT2D eigenvalue weighted by molar-refractivity contribution is 0.353. The Kier molecular flexibility index (Phi) is 4.04. The zero-order valence-electron chi connectivity index (χ0n) is 13.9. The van der Waals surface area contributed by atoms with Crippen molar-refractivity contribution < 1.29 is 17.9 Å². The molecule has 6 nitrogen and oxygen atoms in total. The average Bonchev–Trinajstić information content (AvgIpc) is 3.00. The summed E-state index contributed by atoms with van der Waals surface area (Å²) in [5.74, 6) is 0.873. The van der Waals surface area contributed by atoms with E-state index in [9.17, 15) is 8.42 Å². The third kappa shape index (κ3) is 2.45. The maximum absolute atomic E-state index is 13.2. The van der Waals surface area contributed by atoms with Crippen molar-refractivity contribution in [2.75, 3.05) is 30.8 Å². The number of nitrogens with zero attached hydrogens (tertiary/aromatic N) is 1. The van der Waals surface area contributed by atoms with Crippen LogP contribution in [0.1, 0.15) is 11.1 Å². The molecule has 128 valence electrons. The van der Waals surface area contributed by atoms with Crippen molar-refractivity contribution in [1.82, 2.24) is 0 Å². The fourth-order valence-corrected chi connectivity index (χ4v) is 4.80. The monoisotopic (exact) mass is 348 g/mol. The molecular formula is C17H20N2O4S. The van der Waals surface area contributed by atoms with Crippen LogP contribution in [0.15, 0.2) is 35.2 Å². The second-order valence-corrected chi connectivity index (χ2v) is 7.49. The topological polar surface area (TPSA) is 81.9 Å². The second kappa shape index (κ2) is 5.90. The Labute approximate surface area is 141 Å². The van der Waals surface area contributed by atoms with Crippen LogP contribution in [0.4, 0.5) is 11.4 Å². The molecule has 1 heterocycles. The zero-order chi connectivity index (χ0) is 17.5. The SMILES string of the molecule is COc1cc(C)c(S(=O)(=O)N2CCc3cccc(N)c32)cc1OC. The van der Waals surface area contributed by atoms with Crippen LogP contribution in [0.2, 0.25) is 0 Å². The number of hydrogen-bond acceptors (Lipinski definition) is 5. The highest BCUT2D eigenvalue weighted by Crippen LogP contribution is 2.40. The summed E-state index contributed by atoms with van der Waals surface area (Å²) in [6.45, 7) is 2.11. The highest BCUT2D eigenvalue weighted by Gasteiger charge is 2.34. The van der Waals surface area contributed by atoms with Crippen LogP contribution < -0.4 is 19.5 Å². The van der Waals surface area contributed by atoms with Crippen molar-refractivity contribution in [2.24, 2.45) is 0 Å². The Bertz CT molecular complexity index is 894. The molecule has 3 rings (SSSR count). The lowest BCUT2D eigenvalue weighted by atomic mass is 10.1. The predicted octanol–water partition coefficient (Wildman–Crippen LogP) is 2.35. The molecule has 0 bridgehead atoms. The summed E-state index contributed by atoms with van der Waals surface area (Å²) < 4.78 is 38.3. The van der Waals surface area contributed by atoms with E-state index in [-0.39, 0.29) is 4.90 Å². The van der Waals surface area contributed by atoms with Gasteiger partial charge in [-0.1, -0.05) is 12.1 Å². The first kappa shape index (κ1) is 16.4. The molecule has 0 fully saturated rings. The van der Waals surface area contributed by atoms with E-state index in [4.69, 9.17) is 15.2 Å². The number of aryl methyl sites for hydroxylation is 1. The minimum atomic E-state index is -3.75. The molecule has 0 saturated carbocycles. The molecule has 0 radical (unpaired) electrons. The summed E-state index contributed by atoms with van der Waals surface area (Å²) in [6.07, 6.45) is 0.645. The van der Waals surface area contributed by atoms with Crippen LogP contribution in [0, 0.1) is 6.92 Å². The minimum absolute atomic E-state index is 0.191. The number of para-hydroxylation sites is 1. The molecule has 1 aliphatic rings. The highest BCUT2D eigenvalue weighted by atomic mass is 32.2. The first-order valence-corrected chi connectivity index (χ1v) is 8.97. The van der Waals surface area contributed by atoms with E-state index in [1.165, 1.54) is 24.6 Å². The summed E-state index contributed by atoms with van der Waals surface area (Å²) in [4.78, 5) is 0.191. The van der Waals surface area contributed by atoms with Crippen LogP contribution in [0.5, 0.6) is 11.5 Å². The molecule has 0 unspecified atom stereocenters. The van der Waals surface area contributed by atoms with Gasteiger partial charge in [-0.05, 0) is 36.6 Å². The van der Waals surface area contributed by atoms with Gasteiger partial charge in [-0.15, -0.1) is 0 Å². The second-order valence-electron chi connectivity index (χ2n) is 5.65. The van der Waals surface area contributed by atoms with Gasteiger partial charge in [-0.3, -0.25) is 4.31 Å². The molecule has 24 heavy (non-hydrogen) atoms. The number of hydrogen-bond donors (Lipinski definition) is 1. The van der Waals surface area contributed by atoms with E-state index in [2.05, 4.69) is 0 Å². The van der Waals surface area contributed by atoms with Crippen molar-refractivity contribution in [2.45, 2.75) is 18.2 Å². The van der Waals surface area contributed by atoms with Crippen molar-refractivity contribution in [3.63, 3.8) is 0 Å². The zero-order valence-corrected chi connectivity index (χ0v) is 14.7. The smallest absolute Gasteiger partial charge is 0.264 e. The summed E-state index contributed by atoms with van der Waals surface area (Å²) in [6, 6.07) is 8.63. The van der Waals surface area contributed by atoms with Crippen molar-refractivity contribution in [3.8, 4) is 11.5 Å². The number of nitrogens with two attached hydrogens (primary N) is 1. The number of rotatable bonds is 4. The summed E-state index contributed by atoms with van der Waals surface area (Å²) >= 11 is 0. The average molecular weight is 348 g/mol. The van der Waals surface area contributed by atoms with Crippen LogP contribution >= 0.6 is 0 Å². The lowest BCUT2D eigenvalue weighted by Crippen LogP contribution is -2.30. The van der Waals surface area contributed by atoms with Gasteiger partial charge < -0.3 is 15.2 Å². The molecule has 0 aromatic heterocycles. The minimum Gasteiger partial charge on any atom is -0.493 e. The van der Waals surface area contributed by atoms with E-state index < -0.39 is 10.0 Å². The fraction of sp³-hybridized carbons (Fsp3) is 0.294. The Hall–Kier alpha value is -2.41. The molecule has 0 spiro atoms. The van der Waals surface area contributed by atoms with E-state index in [0.29, 0.717) is 41.4 Å². The van der Waals surface area contributed by atoms with E-state index in [0.717, 1.165) is 5.56 Å². The molecule has 0 amide bonds. The normalized spacial score (nSPS) is 13.7. The van der Waals surface area contributed by atoms with Gasteiger partial charge in [-0.2, -0.15) is 0 Å². The first-order chi connectivity index (χ1) is 11.4. The van der Waals surface area contributed by atoms with Gasteiger partial charge in [0, 0.05) is 12.6 Å². The third-order valence-corrected chi connectivity index (χ3v) is 6.17. The first-order valence-electron chi connectivity index (χ1n) is 7.53. The van der Waals surface area contributed by atoms with Crippen molar-refractivity contribution in [3.05, 3.63) is 41.5 Å². The summed E-state index contributed by atoms with van der Waals surface area (Å²) in [5, 5.41) is 0. The molecule has 2 N–H and O–H groups in total. The molecule has 2 aromatic carbocycles.